The Morgan fingerprint density at radius 3 is 2.53 bits per heavy atom. The largest absolute Gasteiger partial charge is 0.339 e. The number of fused-ring (bicyclic) bond motifs is 1. The Morgan fingerprint density at radius 2 is 1.83 bits per heavy atom. The van der Waals surface area contributed by atoms with Crippen molar-refractivity contribution in [2.24, 2.45) is 0 Å². The summed E-state index contributed by atoms with van der Waals surface area (Å²) in [7, 11) is 1.91. The standard InChI is InChI=1S/C23H28N4O2S/c1-5-27(6-2)23(29)17-10-9-11-18(14-17)24-21(28)15-26(4)16(3)22-25-19-12-7-8-13-20(19)30-22/h7-14,16H,5-6,15H2,1-4H3,(H,24,28)/t16-/m1/s1. The summed E-state index contributed by atoms with van der Waals surface area (Å²) in [5.41, 5.74) is 2.18. The van der Waals surface area contributed by atoms with Crippen molar-refractivity contribution in [3.8, 4) is 0 Å². The summed E-state index contributed by atoms with van der Waals surface area (Å²) in [6, 6.07) is 15.2. The Balaban J connectivity index is 1.63. The minimum absolute atomic E-state index is 0.0173. The van der Waals surface area contributed by atoms with E-state index in [1.807, 2.05) is 50.9 Å². The first kappa shape index (κ1) is 21.9. The predicted octanol–water partition coefficient (Wildman–Crippen LogP) is 4.41. The summed E-state index contributed by atoms with van der Waals surface area (Å²) >= 11 is 1.65. The molecule has 0 spiro atoms. The molecule has 1 atom stereocenters. The molecule has 0 radical (unpaired) electrons. The van der Waals surface area contributed by atoms with Gasteiger partial charge in [0.2, 0.25) is 5.91 Å². The van der Waals surface area contributed by atoms with E-state index in [-0.39, 0.29) is 24.4 Å². The third-order valence-corrected chi connectivity index (χ3v) is 6.37. The van der Waals surface area contributed by atoms with Crippen LogP contribution in [0.3, 0.4) is 0 Å². The number of nitrogens with one attached hydrogen (secondary N) is 1. The van der Waals surface area contributed by atoms with E-state index in [0.717, 1.165) is 15.2 Å². The van der Waals surface area contributed by atoms with Gasteiger partial charge in [-0.25, -0.2) is 4.98 Å². The van der Waals surface area contributed by atoms with E-state index in [2.05, 4.69) is 11.4 Å². The SMILES string of the molecule is CCN(CC)C(=O)c1cccc(NC(=O)CN(C)[C@H](C)c2nc3ccccc3s2)c1. The lowest BCUT2D eigenvalue weighted by molar-refractivity contribution is -0.117. The fourth-order valence-electron chi connectivity index (χ4n) is 3.24. The zero-order valence-electron chi connectivity index (χ0n) is 17.9. The summed E-state index contributed by atoms with van der Waals surface area (Å²) in [5.74, 6) is -0.157. The molecule has 0 bridgehead atoms. The second kappa shape index (κ2) is 9.82. The molecule has 1 heterocycles. The van der Waals surface area contributed by atoms with Crippen LogP contribution < -0.4 is 5.32 Å². The lowest BCUT2D eigenvalue weighted by Gasteiger charge is -2.22. The molecule has 158 valence electrons. The highest BCUT2D eigenvalue weighted by Crippen LogP contribution is 2.28. The zero-order chi connectivity index (χ0) is 21.7. The third-order valence-electron chi connectivity index (χ3n) is 5.17. The maximum Gasteiger partial charge on any atom is 0.253 e. The van der Waals surface area contributed by atoms with Crippen molar-refractivity contribution in [2.75, 3.05) is 32.0 Å². The van der Waals surface area contributed by atoms with Crippen molar-refractivity contribution in [2.45, 2.75) is 26.8 Å². The van der Waals surface area contributed by atoms with Gasteiger partial charge < -0.3 is 10.2 Å². The second-order valence-corrected chi connectivity index (χ2v) is 8.28. The molecule has 3 rings (SSSR count). The van der Waals surface area contributed by atoms with Crippen LogP contribution in [0.1, 0.15) is 42.2 Å². The van der Waals surface area contributed by atoms with Gasteiger partial charge in [-0.15, -0.1) is 11.3 Å². The average molecular weight is 425 g/mol. The van der Waals surface area contributed by atoms with Crippen LogP contribution in [0.4, 0.5) is 5.69 Å². The number of hydrogen-bond acceptors (Lipinski definition) is 5. The number of hydrogen-bond donors (Lipinski definition) is 1. The molecule has 6 nitrogen and oxygen atoms in total. The van der Waals surface area contributed by atoms with Crippen molar-refractivity contribution < 1.29 is 9.59 Å². The van der Waals surface area contributed by atoms with Gasteiger partial charge in [0, 0.05) is 24.3 Å². The lowest BCUT2D eigenvalue weighted by Crippen LogP contribution is -2.32. The van der Waals surface area contributed by atoms with Gasteiger partial charge in [0.25, 0.3) is 5.91 Å². The zero-order valence-corrected chi connectivity index (χ0v) is 18.7. The highest BCUT2D eigenvalue weighted by Gasteiger charge is 2.19. The van der Waals surface area contributed by atoms with Gasteiger partial charge in [-0.05, 0) is 58.2 Å². The van der Waals surface area contributed by atoms with Crippen molar-refractivity contribution in [1.82, 2.24) is 14.8 Å². The molecule has 0 saturated carbocycles. The van der Waals surface area contributed by atoms with E-state index in [0.29, 0.717) is 24.3 Å². The first-order valence-electron chi connectivity index (χ1n) is 10.2. The summed E-state index contributed by atoms with van der Waals surface area (Å²) < 4.78 is 1.15. The number of rotatable bonds is 8. The Morgan fingerprint density at radius 1 is 1.10 bits per heavy atom. The van der Waals surface area contributed by atoms with E-state index in [9.17, 15) is 9.59 Å². The molecule has 0 fully saturated rings. The Hall–Kier alpha value is -2.77. The Kier molecular flexibility index (Phi) is 7.18. The van der Waals surface area contributed by atoms with E-state index in [4.69, 9.17) is 4.98 Å². The summed E-state index contributed by atoms with van der Waals surface area (Å²) in [6.45, 7) is 7.49. The molecular formula is C23H28N4O2S. The van der Waals surface area contributed by atoms with E-state index in [1.54, 1.807) is 40.5 Å². The van der Waals surface area contributed by atoms with Crippen LogP contribution >= 0.6 is 11.3 Å². The van der Waals surface area contributed by atoms with Crippen molar-refractivity contribution >= 4 is 39.1 Å². The number of aromatic nitrogens is 1. The molecule has 0 aliphatic heterocycles. The van der Waals surface area contributed by atoms with Gasteiger partial charge >= 0.3 is 0 Å². The molecule has 30 heavy (non-hydrogen) atoms. The highest BCUT2D eigenvalue weighted by atomic mass is 32.1. The van der Waals surface area contributed by atoms with Crippen LogP contribution in [-0.2, 0) is 4.79 Å². The summed E-state index contributed by atoms with van der Waals surface area (Å²) in [6.07, 6.45) is 0. The molecule has 0 aliphatic rings. The van der Waals surface area contributed by atoms with Crippen LogP contribution in [0.2, 0.25) is 0 Å². The molecule has 7 heteroatoms. The monoisotopic (exact) mass is 424 g/mol. The maximum absolute atomic E-state index is 12.6. The Bertz CT molecular complexity index is 996. The van der Waals surface area contributed by atoms with Crippen LogP contribution in [0, 0.1) is 0 Å². The molecule has 3 aromatic rings. The molecule has 2 aromatic carbocycles. The third kappa shape index (κ3) is 5.04. The molecular weight excluding hydrogens is 396 g/mol. The average Bonchev–Trinajstić information content (AvgIpc) is 3.18. The number of carbonyl (C=O) groups is 2. The molecule has 1 aromatic heterocycles. The van der Waals surface area contributed by atoms with Gasteiger partial charge in [-0.1, -0.05) is 18.2 Å². The summed E-state index contributed by atoms with van der Waals surface area (Å²) in [5, 5.41) is 3.89. The lowest BCUT2D eigenvalue weighted by atomic mass is 10.1. The fraction of sp³-hybridized carbons (Fsp3) is 0.348. The minimum Gasteiger partial charge on any atom is -0.339 e. The molecule has 0 aliphatic carbocycles. The number of benzene rings is 2. The van der Waals surface area contributed by atoms with Gasteiger partial charge in [0.1, 0.15) is 5.01 Å². The van der Waals surface area contributed by atoms with Gasteiger partial charge in [-0.2, -0.15) is 0 Å². The number of anilines is 1. The molecule has 2 amide bonds. The van der Waals surface area contributed by atoms with Crippen molar-refractivity contribution in [1.29, 1.82) is 0 Å². The number of carbonyl (C=O) groups excluding carboxylic acids is 2. The molecule has 0 unspecified atom stereocenters. The van der Waals surface area contributed by atoms with Crippen LogP contribution in [0.25, 0.3) is 10.2 Å². The maximum atomic E-state index is 12.6. The second-order valence-electron chi connectivity index (χ2n) is 7.22. The number of thiazole rings is 1. The number of likely N-dealkylation sites (N-methyl/N-ethyl adjacent to an activating group) is 1. The normalized spacial score (nSPS) is 12.2. The first-order valence-corrected chi connectivity index (χ1v) is 11.0. The van der Waals surface area contributed by atoms with Gasteiger partial charge in [0.15, 0.2) is 0 Å². The van der Waals surface area contributed by atoms with Crippen molar-refractivity contribution in [3.05, 3.63) is 59.1 Å². The fourth-order valence-corrected chi connectivity index (χ4v) is 4.33. The summed E-state index contributed by atoms with van der Waals surface area (Å²) in [4.78, 5) is 33.6. The topological polar surface area (TPSA) is 65.5 Å². The number of para-hydroxylation sites is 1. The van der Waals surface area contributed by atoms with Crippen LogP contribution in [-0.4, -0.2) is 53.3 Å². The first-order chi connectivity index (χ1) is 14.4. The number of amides is 2. The molecule has 0 saturated heterocycles. The van der Waals surface area contributed by atoms with Crippen LogP contribution in [0.5, 0.6) is 0 Å². The predicted molar refractivity (Wildman–Crippen MR) is 123 cm³/mol. The smallest absolute Gasteiger partial charge is 0.253 e. The van der Waals surface area contributed by atoms with E-state index in [1.165, 1.54) is 0 Å². The van der Waals surface area contributed by atoms with E-state index < -0.39 is 0 Å². The van der Waals surface area contributed by atoms with Gasteiger partial charge in [-0.3, -0.25) is 14.5 Å². The van der Waals surface area contributed by atoms with Gasteiger partial charge in [0.05, 0.1) is 22.8 Å². The van der Waals surface area contributed by atoms with Crippen molar-refractivity contribution in [3.63, 3.8) is 0 Å². The highest BCUT2D eigenvalue weighted by molar-refractivity contribution is 7.18. The number of nitrogens with zero attached hydrogens (tertiary/aromatic N) is 3. The molecule has 1 N–H and O–H groups in total. The Labute approximate surface area is 181 Å². The van der Waals surface area contributed by atoms with E-state index >= 15 is 0 Å². The minimum atomic E-state index is -0.127. The van der Waals surface area contributed by atoms with Crippen LogP contribution in [0.15, 0.2) is 48.5 Å². The quantitative estimate of drug-likeness (QED) is 0.582.